The highest BCUT2D eigenvalue weighted by molar-refractivity contribution is 5.49. The Kier molecular flexibility index (Phi) is 6.87. The molecule has 5 heteroatoms. The molecule has 1 aromatic rings. The summed E-state index contributed by atoms with van der Waals surface area (Å²) in [6.45, 7) is 8.46. The summed E-state index contributed by atoms with van der Waals surface area (Å²) < 4.78 is 24.3. The van der Waals surface area contributed by atoms with Crippen LogP contribution in [0.2, 0.25) is 0 Å². The molecule has 3 atom stereocenters. The lowest BCUT2D eigenvalue weighted by molar-refractivity contribution is -0.110. The Balaban J connectivity index is 1.94. The number of rotatable bonds is 8. The van der Waals surface area contributed by atoms with Gasteiger partial charge in [-0.2, -0.15) is 0 Å². The molecular formula is C23H36FNO3. The minimum absolute atomic E-state index is 0.155. The van der Waals surface area contributed by atoms with E-state index in [1.807, 2.05) is 6.92 Å². The maximum Gasteiger partial charge on any atom is 0.161 e. The van der Waals surface area contributed by atoms with Crippen LogP contribution in [0.4, 0.5) is 4.39 Å². The third-order valence-corrected chi connectivity index (χ3v) is 6.45. The van der Waals surface area contributed by atoms with Crippen molar-refractivity contribution in [1.29, 1.82) is 0 Å². The van der Waals surface area contributed by atoms with Crippen molar-refractivity contribution < 1.29 is 19.0 Å². The van der Waals surface area contributed by atoms with Crippen LogP contribution in [0.3, 0.4) is 0 Å². The highest BCUT2D eigenvalue weighted by atomic mass is 19.1. The Labute approximate surface area is 169 Å². The number of benzene rings is 1. The van der Waals surface area contributed by atoms with Gasteiger partial charge in [0.05, 0.1) is 26.0 Å². The quantitative estimate of drug-likeness (QED) is 0.704. The van der Waals surface area contributed by atoms with E-state index in [0.717, 1.165) is 37.4 Å². The van der Waals surface area contributed by atoms with E-state index < -0.39 is 5.60 Å². The zero-order valence-electron chi connectivity index (χ0n) is 17.8. The molecule has 2 aliphatic heterocycles. The molecule has 2 heterocycles. The summed E-state index contributed by atoms with van der Waals surface area (Å²) in [6.07, 6.45) is 3.58. The van der Waals surface area contributed by atoms with Gasteiger partial charge in [0, 0.05) is 25.0 Å². The first-order valence-corrected chi connectivity index (χ1v) is 10.8. The first-order valence-electron chi connectivity index (χ1n) is 10.8. The van der Waals surface area contributed by atoms with Crippen molar-refractivity contribution >= 4 is 0 Å². The first-order chi connectivity index (χ1) is 13.4. The first kappa shape index (κ1) is 21.4. The van der Waals surface area contributed by atoms with Crippen molar-refractivity contribution in [3.8, 4) is 11.5 Å². The Morgan fingerprint density at radius 3 is 2.75 bits per heavy atom. The van der Waals surface area contributed by atoms with E-state index in [-0.39, 0.29) is 18.6 Å². The maximum atomic E-state index is 12.9. The average molecular weight is 394 g/mol. The van der Waals surface area contributed by atoms with E-state index in [9.17, 15) is 9.50 Å². The van der Waals surface area contributed by atoms with Gasteiger partial charge in [-0.3, -0.25) is 9.29 Å². The Hall–Kier alpha value is -1.33. The summed E-state index contributed by atoms with van der Waals surface area (Å²) in [4.78, 5) is 2.52. The molecule has 0 unspecified atom stereocenters. The minimum Gasteiger partial charge on any atom is -0.493 e. The van der Waals surface area contributed by atoms with Crippen LogP contribution in [0.1, 0.15) is 63.6 Å². The van der Waals surface area contributed by atoms with Crippen LogP contribution in [0.5, 0.6) is 11.5 Å². The molecule has 0 aliphatic carbocycles. The molecule has 1 N–H and O–H groups in total. The molecule has 0 aromatic heterocycles. The summed E-state index contributed by atoms with van der Waals surface area (Å²) in [7, 11) is 1.67. The largest absolute Gasteiger partial charge is 0.493 e. The molecule has 1 fully saturated rings. The third kappa shape index (κ3) is 4.30. The predicted molar refractivity (Wildman–Crippen MR) is 110 cm³/mol. The average Bonchev–Trinajstić information content (AvgIpc) is 2.66. The number of hydrogen-bond acceptors (Lipinski definition) is 4. The summed E-state index contributed by atoms with van der Waals surface area (Å²) in [5, 5.41) is 11.6. The smallest absolute Gasteiger partial charge is 0.161 e. The maximum absolute atomic E-state index is 12.9. The second kappa shape index (κ2) is 9.00. The highest BCUT2D eigenvalue weighted by Gasteiger charge is 2.47. The van der Waals surface area contributed by atoms with E-state index in [1.165, 1.54) is 11.1 Å². The molecule has 158 valence electrons. The number of halogens is 1. The van der Waals surface area contributed by atoms with Crippen LogP contribution >= 0.6 is 0 Å². The van der Waals surface area contributed by atoms with Gasteiger partial charge in [0.25, 0.3) is 0 Å². The van der Waals surface area contributed by atoms with Crippen molar-refractivity contribution in [2.45, 2.75) is 64.5 Å². The molecule has 0 bridgehead atoms. The standard InChI is InChI=1S/C23H36FNO3/c1-5-28-22-13-19-17(12-21(22)27-4)7-10-25-15-18(11-16(2)3)23(26,8-6-9-24)14-20(19)25/h12-13,16,18,20,26H,5-11,14-15H2,1-4H3/t18-,20-,23-/m1/s1. The van der Waals surface area contributed by atoms with Crippen LogP contribution < -0.4 is 9.47 Å². The summed E-state index contributed by atoms with van der Waals surface area (Å²) >= 11 is 0. The van der Waals surface area contributed by atoms with E-state index in [1.54, 1.807) is 7.11 Å². The number of methoxy groups -OCH3 is 1. The number of alkyl halides is 1. The molecular weight excluding hydrogens is 357 g/mol. The Bertz CT molecular complexity index is 665. The number of piperidine rings is 1. The van der Waals surface area contributed by atoms with E-state index in [2.05, 4.69) is 30.9 Å². The van der Waals surface area contributed by atoms with E-state index >= 15 is 0 Å². The van der Waals surface area contributed by atoms with Gasteiger partial charge >= 0.3 is 0 Å². The van der Waals surface area contributed by atoms with Crippen LogP contribution in [0, 0.1) is 11.8 Å². The number of ether oxygens (including phenoxy) is 2. The van der Waals surface area contributed by atoms with Gasteiger partial charge in [0.2, 0.25) is 0 Å². The van der Waals surface area contributed by atoms with Gasteiger partial charge in [-0.05, 0) is 68.2 Å². The molecule has 0 saturated carbocycles. The van der Waals surface area contributed by atoms with Crippen molar-refractivity contribution in [2.24, 2.45) is 11.8 Å². The normalized spacial score (nSPS) is 27.4. The second-order valence-electron chi connectivity index (χ2n) is 8.82. The zero-order valence-corrected chi connectivity index (χ0v) is 17.8. The molecule has 2 aliphatic rings. The lowest BCUT2D eigenvalue weighted by Gasteiger charge is -2.52. The van der Waals surface area contributed by atoms with Gasteiger partial charge in [0.15, 0.2) is 11.5 Å². The number of aliphatic hydroxyl groups is 1. The van der Waals surface area contributed by atoms with E-state index in [0.29, 0.717) is 31.8 Å². The lowest BCUT2D eigenvalue weighted by atomic mass is 9.69. The van der Waals surface area contributed by atoms with Gasteiger partial charge in [-0.1, -0.05) is 13.8 Å². The SMILES string of the molecule is CCOc1cc2c(cc1OC)CCN1C[C@@H](CC(C)C)[C@@](O)(CCCF)C[C@H]21. The zero-order chi connectivity index (χ0) is 20.3. The number of fused-ring (bicyclic) bond motifs is 3. The van der Waals surface area contributed by atoms with Crippen molar-refractivity contribution in [3.63, 3.8) is 0 Å². The predicted octanol–water partition coefficient (Wildman–Crippen LogP) is 4.54. The minimum atomic E-state index is -0.808. The van der Waals surface area contributed by atoms with Crippen molar-refractivity contribution in [3.05, 3.63) is 23.3 Å². The van der Waals surface area contributed by atoms with Gasteiger partial charge in [0.1, 0.15) is 0 Å². The fourth-order valence-corrected chi connectivity index (χ4v) is 5.14. The summed E-state index contributed by atoms with van der Waals surface area (Å²) in [5.74, 6) is 2.25. The molecule has 3 rings (SSSR count). The molecule has 1 aromatic carbocycles. The van der Waals surface area contributed by atoms with Gasteiger partial charge in [-0.15, -0.1) is 0 Å². The molecule has 0 radical (unpaired) electrons. The topological polar surface area (TPSA) is 41.9 Å². The van der Waals surface area contributed by atoms with Crippen LogP contribution in [0.25, 0.3) is 0 Å². The third-order valence-electron chi connectivity index (χ3n) is 6.45. The van der Waals surface area contributed by atoms with Crippen LogP contribution in [-0.2, 0) is 6.42 Å². The lowest BCUT2D eigenvalue weighted by Crippen LogP contribution is -2.55. The Morgan fingerprint density at radius 2 is 2.11 bits per heavy atom. The number of hydrogen-bond donors (Lipinski definition) is 1. The van der Waals surface area contributed by atoms with Gasteiger partial charge in [-0.25, -0.2) is 0 Å². The fraction of sp³-hybridized carbons (Fsp3) is 0.739. The van der Waals surface area contributed by atoms with Crippen molar-refractivity contribution in [1.82, 2.24) is 4.90 Å². The molecule has 4 nitrogen and oxygen atoms in total. The van der Waals surface area contributed by atoms with Crippen LogP contribution in [-0.4, -0.2) is 49.1 Å². The van der Waals surface area contributed by atoms with Gasteiger partial charge < -0.3 is 14.6 Å². The molecule has 0 spiro atoms. The fourth-order valence-electron chi connectivity index (χ4n) is 5.14. The number of nitrogens with zero attached hydrogens (tertiary/aromatic N) is 1. The van der Waals surface area contributed by atoms with Crippen molar-refractivity contribution in [2.75, 3.05) is 33.5 Å². The molecule has 28 heavy (non-hydrogen) atoms. The summed E-state index contributed by atoms with van der Waals surface area (Å²) in [6, 6.07) is 4.35. The highest BCUT2D eigenvalue weighted by Crippen LogP contribution is 2.48. The monoisotopic (exact) mass is 393 g/mol. The molecule has 1 saturated heterocycles. The summed E-state index contributed by atoms with van der Waals surface area (Å²) in [5.41, 5.74) is 1.70. The van der Waals surface area contributed by atoms with Crippen LogP contribution in [0.15, 0.2) is 12.1 Å². The van der Waals surface area contributed by atoms with E-state index in [4.69, 9.17) is 9.47 Å². The second-order valence-corrected chi connectivity index (χ2v) is 8.82. The molecule has 0 amide bonds. The Morgan fingerprint density at radius 1 is 1.32 bits per heavy atom.